The number of hydrogen-bond donors (Lipinski definition) is 2. The maximum absolute atomic E-state index is 13.9. The van der Waals surface area contributed by atoms with E-state index in [1.165, 1.54) is 11.1 Å². The van der Waals surface area contributed by atoms with E-state index >= 15 is 0 Å². The Labute approximate surface area is 204 Å². The standard InChI is InChI=1S/C30H24N2O2S/c1-19-3-7-21(8-4-19)23-11-13-27-25(15-23)29(17-31-27)35(33,34)30-18-32-28-14-12-24(16-26(28)30)22-9-5-20(2)6-10-22/h3-18,31-32H,1-2H3. The minimum Gasteiger partial charge on any atom is -0.360 e. The molecular formula is C30H24N2O2S. The van der Waals surface area contributed by atoms with Gasteiger partial charge >= 0.3 is 0 Å². The molecule has 0 aliphatic carbocycles. The Bertz CT molecular complexity index is 1680. The van der Waals surface area contributed by atoms with Crippen molar-refractivity contribution in [2.75, 3.05) is 0 Å². The number of H-pyrrole nitrogens is 2. The summed E-state index contributed by atoms with van der Waals surface area (Å²) >= 11 is 0. The highest BCUT2D eigenvalue weighted by atomic mass is 32.2. The molecule has 0 fully saturated rings. The van der Waals surface area contributed by atoms with E-state index in [1.54, 1.807) is 12.4 Å². The first-order valence-electron chi connectivity index (χ1n) is 11.5. The average Bonchev–Trinajstić information content (AvgIpc) is 3.49. The zero-order valence-corrected chi connectivity index (χ0v) is 20.3. The molecule has 0 saturated heterocycles. The van der Waals surface area contributed by atoms with Gasteiger partial charge in [0.2, 0.25) is 9.84 Å². The number of sulfone groups is 1. The third-order valence-corrected chi connectivity index (χ3v) is 8.47. The van der Waals surface area contributed by atoms with Gasteiger partial charge in [-0.05, 0) is 60.4 Å². The molecule has 0 spiro atoms. The fourth-order valence-electron chi connectivity index (χ4n) is 4.60. The normalized spacial score (nSPS) is 11.9. The number of fused-ring (bicyclic) bond motifs is 2. The van der Waals surface area contributed by atoms with E-state index in [0.717, 1.165) is 33.3 Å². The van der Waals surface area contributed by atoms with Crippen molar-refractivity contribution in [1.29, 1.82) is 0 Å². The average molecular weight is 477 g/mol. The Morgan fingerprint density at radius 2 is 0.886 bits per heavy atom. The summed E-state index contributed by atoms with van der Waals surface area (Å²) in [5.74, 6) is 0. The van der Waals surface area contributed by atoms with Crippen LogP contribution >= 0.6 is 0 Å². The summed E-state index contributed by atoms with van der Waals surface area (Å²) < 4.78 is 27.9. The highest BCUT2D eigenvalue weighted by Crippen LogP contribution is 2.36. The highest BCUT2D eigenvalue weighted by Gasteiger charge is 2.25. The molecule has 35 heavy (non-hydrogen) atoms. The van der Waals surface area contributed by atoms with Gasteiger partial charge in [0.25, 0.3) is 0 Å². The van der Waals surface area contributed by atoms with Gasteiger partial charge in [0.05, 0.1) is 9.79 Å². The molecule has 6 rings (SSSR count). The van der Waals surface area contributed by atoms with Gasteiger partial charge in [0, 0.05) is 34.2 Å². The number of aromatic amines is 2. The molecule has 5 heteroatoms. The number of aromatic nitrogens is 2. The topological polar surface area (TPSA) is 65.7 Å². The molecule has 4 aromatic carbocycles. The summed E-state index contributed by atoms with van der Waals surface area (Å²) in [7, 11) is -3.78. The summed E-state index contributed by atoms with van der Waals surface area (Å²) in [4.78, 5) is 6.85. The van der Waals surface area contributed by atoms with Crippen LogP contribution in [-0.4, -0.2) is 18.4 Å². The quantitative estimate of drug-likeness (QED) is 0.278. The van der Waals surface area contributed by atoms with E-state index in [1.807, 2.05) is 36.4 Å². The lowest BCUT2D eigenvalue weighted by atomic mass is 10.0. The zero-order valence-electron chi connectivity index (χ0n) is 19.5. The van der Waals surface area contributed by atoms with Gasteiger partial charge in [-0.2, -0.15) is 0 Å². The van der Waals surface area contributed by atoms with E-state index in [4.69, 9.17) is 0 Å². The predicted molar refractivity (Wildman–Crippen MR) is 142 cm³/mol. The first-order chi connectivity index (χ1) is 16.9. The lowest BCUT2D eigenvalue weighted by Gasteiger charge is -2.07. The van der Waals surface area contributed by atoms with Gasteiger partial charge in [0.1, 0.15) is 0 Å². The van der Waals surface area contributed by atoms with Crippen LogP contribution in [-0.2, 0) is 9.84 Å². The third kappa shape index (κ3) is 3.65. The second-order valence-electron chi connectivity index (χ2n) is 9.06. The van der Waals surface area contributed by atoms with Crippen molar-refractivity contribution in [3.63, 3.8) is 0 Å². The van der Waals surface area contributed by atoms with Crippen molar-refractivity contribution in [2.45, 2.75) is 23.6 Å². The number of rotatable bonds is 4. The lowest BCUT2D eigenvalue weighted by Crippen LogP contribution is -2.00. The van der Waals surface area contributed by atoms with Crippen LogP contribution in [0, 0.1) is 13.8 Å². The maximum atomic E-state index is 13.9. The number of hydrogen-bond acceptors (Lipinski definition) is 2. The van der Waals surface area contributed by atoms with Crippen LogP contribution in [0.3, 0.4) is 0 Å². The van der Waals surface area contributed by atoms with Gasteiger partial charge in [-0.1, -0.05) is 71.8 Å². The first-order valence-corrected chi connectivity index (χ1v) is 13.0. The van der Waals surface area contributed by atoms with Crippen LogP contribution in [0.5, 0.6) is 0 Å². The van der Waals surface area contributed by atoms with Crippen LogP contribution in [0.15, 0.2) is 107 Å². The maximum Gasteiger partial charge on any atom is 0.210 e. The van der Waals surface area contributed by atoms with Gasteiger partial charge in [0.15, 0.2) is 0 Å². The van der Waals surface area contributed by atoms with Crippen LogP contribution < -0.4 is 0 Å². The lowest BCUT2D eigenvalue weighted by molar-refractivity contribution is 0.598. The fraction of sp³-hybridized carbons (Fsp3) is 0.0667. The van der Waals surface area contributed by atoms with Crippen LogP contribution in [0.1, 0.15) is 11.1 Å². The van der Waals surface area contributed by atoms with Crippen LogP contribution in [0.2, 0.25) is 0 Å². The molecule has 0 unspecified atom stereocenters. The smallest absolute Gasteiger partial charge is 0.210 e. The molecule has 0 amide bonds. The SMILES string of the molecule is Cc1ccc(-c2ccc3[nH]cc(S(=O)(=O)c4c[nH]c5ccc(-c6ccc(C)cc6)cc45)c3c2)cc1. The Kier molecular flexibility index (Phi) is 4.90. The van der Waals surface area contributed by atoms with Crippen molar-refractivity contribution < 1.29 is 8.42 Å². The first kappa shape index (κ1) is 21.4. The van der Waals surface area contributed by atoms with Crippen molar-refractivity contribution >= 4 is 31.6 Å². The van der Waals surface area contributed by atoms with Crippen LogP contribution in [0.25, 0.3) is 44.1 Å². The molecule has 172 valence electrons. The molecule has 2 N–H and O–H groups in total. The van der Waals surface area contributed by atoms with Gasteiger partial charge in [-0.3, -0.25) is 0 Å². The number of nitrogens with one attached hydrogen (secondary N) is 2. The minimum atomic E-state index is -3.78. The highest BCUT2D eigenvalue weighted by molar-refractivity contribution is 7.92. The summed E-state index contributed by atoms with van der Waals surface area (Å²) in [6.45, 7) is 4.10. The van der Waals surface area contributed by atoms with E-state index in [-0.39, 0.29) is 9.79 Å². The summed E-state index contributed by atoms with van der Waals surface area (Å²) in [5.41, 5.74) is 8.02. The van der Waals surface area contributed by atoms with Gasteiger partial charge in [-0.25, -0.2) is 8.42 Å². The predicted octanol–water partition coefficient (Wildman–Crippen LogP) is 7.43. The Hall–Kier alpha value is -4.09. The second kappa shape index (κ2) is 8.00. The Morgan fingerprint density at radius 3 is 1.29 bits per heavy atom. The zero-order chi connectivity index (χ0) is 24.2. The molecule has 4 nitrogen and oxygen atoms in total. The summed E-state index contributed by atoms with van der Waals surface area (Å²) in [6, 6.07) is 28.3. The van der Waals surface area contributed by atoms with Gasteiger partial charge < -0.3 is 9.97 Å². The summed E-state index contributed by atoms with van der Waals surface area (Å²) in [6.07, 6.45) is 3.20. The van der Waals surface area contributed by atoms with Crippen molar-refractivity contribution in [1.82, 2.24) is 9.97 Å². The molecule has 0 aliphatic heterocycles. The molecule has 0 atom stereocenters. The molecule has 2 heterocycles. The molecule has 0 aliphatic rings. The van der Waals surface area contributed by atoms with Crippen molar-refractivity contribution in [3.05, 3.63) is 108 Å². The Balaban J connectivity index is 1.49. The largest absolute Gasteiger partial charge is 0.360 e. The second-order valence-corrected chi connectivity index (χ2v) is 10.9. The van der Waals surface area contributed by atoms with Crippen molar-refractivity contribution in [3.8, 4) is 22.3 Å². The molecule has 0 radical (unpaired) electrons. The minimum absolute atomic E-state index is 0.281. The molecule has 2 aromatic heterocycles. The summed E-state index contributed by atoms with van der Waals surface area (Å²) in [5, 5.41) is 1.37. The molecular weight excluding hydrogens is 452 g/mol. The van der Waals surface area contributed by atoms with Gasteiger partial charge in [-0.15, -0.1) is 0 Å². The van der Waals surface area contributed by atoms with Crippen molar-refractivity contribution in [2.24, 2.45) is 0 Å². The molecule has 0 bridgehead atoms. The van der Waals surface area contributed by atoms with E-state index < -0.39 is 9.84 Å². The molecule has 0 saturated carbocycles. The van der Waals surface area contributed by atoms with E-state index in [9.17, 15) is 8.42 Å². The molecule has 6 aromatic rings. The monoisotopic (exact) mass is 476 g/mol. The van der Waals surface area contributed by atoms with Crippen LogP contribution in [0.4, 0.5) is 0 Å². The third-order valence-electron chi connectivity index (χ3n) is 6.64. The van der Waals surface area contributed by atoms with E-state index in [2.05, 4.69) is 72.3 Å². The van der Waals surface area contributed by atoms with E-state index in [0.29, 0.717) is 10.8 Å². The number of benzene rings is 4. The Morgan fingerprint density at radius 1 is 0.514 bits per heavy atom. The fourth-order valence-corrected chi connectivity index (χ4v) is 6.19. The number of aryl methyl sites for hydroxylation is 2.